The van der Waals surface area contributed by atoms with Gasteiger partial charge in [0.05, 0.1) is 11.7 Å². The number of benzene rings is 1. The molecule has 0 aliphatic heterocycles. The van der Waals surface area contributed by atoms with Crippen LogP contribution in [-0.2, 0) is 13.2 Å². The van der Waals surface area contributed by atoms with Gasteiger partial charge in [-0.3, -0.25) is 9.48 Å². The van der Waals surface area contributed by atoms with E-state index in [1.54, 1.807) is 0 Å². The topological polar surface area (TPSA) is 67.2 Å². The molecule has 0 bridgehead atoms. The van der Waals surface area contributed by atoms with Crippen LogP contribution in [-0.4, -0.2) is 27.3 Å². The molecule has 5 nitrogen and oxygen atoms in total. The summed E-state index contributed by atoms with van der Waals surface area (Å²) in [7, 11) is 1.26. The van der Waals surface area contributed by atoms with Crippen LogP contribution in [0.15, 0.2) is 30.5 Å². The summed E-state index contributed by atoms with van der Waals surface area (Å²) >= 11 is 0. The van der Waals surface area contributed by atoms with Crippen LogP contribution in [0.3, 0.4) is 0 Å². The molecular formula is C14H13F4N3O2. The van der Waals surface area contributed by atoms with Crippen LogP contribution in [0.25, 0.3) is 0 Å². The largest absolute Gasteiger partial charge is 0.435 e. The summed E-state index contributed by atoms with van der Waals surface area (Å²) in [5.41, 5.74) is -1.60. The molecule has 23 heavy (non-hydrogen) atoms. The number of aromatic nitrogens is 2. The van der Waals surface area contributed by atoms with Crippen LogP contribution in [0.4, 0.5) is 17.6 Å². The lowest BCUT2D eigenvalue weighted by molar-refractivity contribution is -0.141. The Morgan fingerprint density at radius 3 is 2.52 bits per heavy atom. The van der Waals surface area contributed by atoms with Crippen LogP contribution in [0.1, 0.15) is 27.7 Å². The predicted octanol–water partition coefficient (Wildman–Crippen LogP) is 2.04. The average Bonchev–Trinajstić information content (AvgIpc) is 2.87. The normalized spacial score (nSPS) is 13.0. The van der Waals surface area contributed by atoms with Crippen molar-refractivity contribution in [1.29, 1.82) is 0 Å². The fourth-order valence-electron chi connectivity index (χ4n) is 1.95. The van der Waals surface area contributed by atoms with Crippen LogP contribution in [0.5, 0.6) is 0 Å². The number of carbonyl (C=O) groups excluding carboxylic acids is 1. The van der Waals surface area contributed by atoms with E-state index >= 15 is 0 Å². The van der Waals surface area contributed by atoms with Gasteiger partial charge in [0.2, 0.25) is 0 Å². The Balaban J connectivity index is 2.07. The van der Waals surface area contributed by atoms with Gasteiger partial charge in [0.15, 0.2) is 5.69 Å². The van der Waals surface area contributed by atoms with Gasteiger partial charge in [-0.05, 0) is 17.7 Å². The van der Waals surface area contributed by atoms with Crippen molar-refractivity contribution in [2.45, 2.75) is 12.3 Å². The van der Waals surface area contributed by atoms with Crippen molar-refractivity contribution in [1.82, 2.24) is 15.1 Å². The van der Waals surface area contributed by atoms with Gasteiger partial charge in [0.1, 0.15) is 5.82 Å². The number of hydrogen-bond acceptors (Lipinski definition) is 3. The molecule has 0 spiro atoms. The number of aliphatic hydroxyl groups is 1. The van der Waals surface area contributed by atoms with Gasteiger partial charge in [-0.15, -0.1) is 0 Å². The van der Waals surface area contributed by atoms with E-state index in [-0.39, 0.29) is 6.54 Å². The lowest BCUT2D eigenvalue weighted by Gasteiger charge is -2.12. The van der Waals surface area contributed by atoms with E-state index in [9.17, 15) is 27.5 Å². The number of halogens is 4. The van der Waals surface area contributed by atoms with E-state index in [0.717, 1.165) is 23.0 Å². The zero-order valence-electron chi connectivity index (χ0n) is 11.9. The smallest absolute Gasteiger partial charge is 0.387 e. The first-order valence-corrected chi connectivity index (χ1v) is 6.51. The predicted molar refractivity (Wildman–Crippen MR) is 71.9 cm³/mol. The molecule has 2 N–H and O–H groups in total. The molecule has 2 aromatic rings. The first-order valence-electron chi connectivity index (χ1n) is 6.51. The maximum Gasteiger partial charge on any atom is 0.435 e. The number of aliphatic hydroxyl groups excluding tert-OH is 1. The van der Waals surface area contributed by atoms with Gasteiger partial charge in [-0.25, -0.2) is 4.39 Å². The minimum absolute atomic E-state index is 0.323. The zero-order chi connectivity index (χ0) is 17.2. The molecule has 1 unspecified atom stereocenters. The highest BCUT2D eigenvalue weighted by Gasteiger charge is 2.38. The van der Waals surface area contributed by atoms with E-state index in [4.69, 9.17) is 0 Å². The number of carbonyl (C=O) groups is 1. The Morgan fingerprint density at radius 1 is 1.35 bits per heavy atom. The highest BCUT2D eigenvalue weighted by atomic mass is 19.4. The summed E-state index contributed by atoms with van der Waals surface area (Å²) in [6.45, 7) is -0.323. The fourth-order valence-corrected chi connectivity index (χ4v) is 1.95. The van der Waals surface area contributed by atoms with Gasteiger partial charge < -0.3 is 10.4 Å². The lowest BCUT2D eigenvalue weighted by Crippen LogP contribution is -2.29. The summed E-state index contributed by atoms with van der Waals surface area (Å²) in [6, 6.07) is 4.89. The van der Waals surface area contributed by atoms with Crippen molar-refractivity contribution in [2.75, 3.05) is 6.54 Å². The Labute approximate surface area is 128 Å². The molecule has 1 atom stereocenters. The fraction of sp³-hybridized carbons (Fsp3) is 0.286. The molecule has 1 aromatic carbocycles. The molecule has 0 saturated heterocycles. The number of rotatable bonds is 4. The molecule has 0 aliphatic carbocycles. The van der Waals surface area contributed by atoms with Crippen LogP contribution >= 0.6 is 0 Å². The first-order chi connectivity index (χ1) is 10.7. The number of nitrogens with zero attached hydrogens (tertiary/aromatic N) is 2. The van der Waals surface area contributed by atoms with Crippen LogP contribution in [0, 0.1) is 5.82 Å². The van der Waals surface area contributed by atoms with Crippen molar-refractivity contribution in [3.63, 3.8) is 0 Å². The van der Waals surface area contributed by atoms with Crippen LogP contribution in [0.2, 0.25) is 0 Å². The SMILES string of the molecule is Cn1cc(C(=O)NCC(O)c2ccc(F)cc2)c(C(F)(F)F)n1. The van der Waals surface area contributed by atoms with Crippen molar-refractivity contribution in [2.24, 2.45) is 7.05 Å². The standard InChI is InChI=1S/C14H13F4N3O2/c1-21-7-10(12(20-21)14(16,17)18)13(23)19-6-11(22)8-2-4-9(15)5-3-8/h2-5,7,11,22H,6H2,1H3,(H,19,23). The summed E-state index contributed by atoms with van der Waals surface area (Å²) in [6.07, 6.45) is -4.99. The Morgan fingerprint density at radius 2 is 1.96 bits per heavy atom. The van der Waals surface area contributed by atoms with Crippen LogP contribution < -0.4 is 5.32 Å². The number of alkyl halides is 3. The number of nitrogens with one attached hydrogen (secondary N) is 1. The minimum atomic E-state index is -4.76. The molecule has 1 amide bonds. The summed E-state index contributed by atoms with van der Waals surface area (Å²) < 4.78 is 52.0. The third-order valence-electron chi connectivity index (χ3n) is 3.05. The van der Waals surface area contributed by atoms with E-state index in [0.29, 0.717) is 5.56 Å². The monoisotopic (exact) mass is 331 g/mol. The molecule has 124 valence electrons. The van der Waals surface area contributed by atoms with Crippen molar-refractivity contribution in [3.05, 3.63) is 53.1 Å². The molecular weight excluding hydrogens is 318 g/mol. The number of hydrogen-bond donors (Lipinski definition) is 2. The van der Waals surface area contributed by atoms with E-state index < -0.39 is 35.3 Å². The highest BCUT2D eigenvalue weighted by molar-refractivity contribution is 5.95. The molecule has 0 fully saturated rings. The molecule has 1 aromatic heterocycles. The Hall–Kier alpha value is -2.42. The highest BCUT2D eigenvalue weighted by Crippen LogP contribution is 2.30. The first kappa shape index (κ1) is 16.9. The van der Waals surface area contributed by atoms with Gasteiger partial charge in [-0.1, -0.05) is 12.1 Å². The molecule has 9 heteroatoms. The minimum Gasteiger partial charge on any atom is -0.387 e. The zero-order valence-corrected chi connectivity index (χ0v) is 11.9. The Bertz CT molecular complexity index is 695. The summed E-state index contributed by atoms with van der Waals surface area (Å²) in [4.78, 5) is 11.9. The summed E-state index contributed by atoms with van der Waals surface area (Å²) in [5, 5.41) is 15.3. The second-order valence-corrected chi connectivity index (χ2v) is 4.84. The molecule has 1 heterocycles. The van der Waals surface area contributed by atoms with Gasteiger partial charge in [0.25, 0.3) is 5.91 Å². The van der Waals surface area contributed by atoms with E-state index in [1.165, 1.54) is 19.2 Å². The third kappa shape index (κ3) is 4.07. The lowest BCUT2D eigenvalue weighted by atomic mass is 10.1. The average molecular weight is 331 g/mol. The third-order valence-corrected chi connectivity index (χ3v) is 3.05. The quantitative estimate of drug-likeness (QED) is 0.843. The van der Waals surface area contributed by atoms with Crippen molar-refractivity contribution < 1.29 is 27.5 Å². The van der Waals surface area contributed by atoms with E-state index in [1.807, 2.05) is 0 Å². The Kier molecular flexibility index (Phi) is 4.69. The molecule has 0 radical (unpaired) electrons. The van der Waals surface area contributed by atoms with Gasteiger partial charge >= 0.3 is 6.18 Å². The van der Waals surface area contributed by atoms with Gasteiger partial charge in [-0.2, -0.15) is 18.3 Å². The van der Waals surface area contributed by atoms with E-state index in [2.05, 4.69) is 10.4 Å². The second-order valence-electron chi connectivity index (χ2n) is 4.84. The second kappa shape index (κ2) is 6.37. The summed E-state index contributed by atoms with van der Waals surface area (Å²) in [5.74, 6) is -1.50. The molecule has 0 saturated carbocycles. The number of amides is 1. The maximum absolute atomic E-state index is 12.8. The van der Waals surface area contributed by atoms with Gasteiger partial charge in [0, 0.05) is 19.8 Å². The van der Waals surface area contributed by atoms with Crippen molar-refractivity contribution >= 4 is 5.91 Å². The number of aryl methyl sites for hydroxylation is 1. The maximum atomic E-state index is 12.8. The molecule has 0 aliphatic rings. The molecule has 2 rings (SSSR count). The van der Waals surface area contributed by atoms with Crippen molar-refractivity contribution in [3.8, 4) is 0 Å².